The number of ether oxygens (including phenoxy) is 1. The van der Waals surface area contributed by atoms with Crippen LogP contribution in [0, 0.1) is 13.8 Å². The van der Waals surface area contributed by atoms with E-state index >= 15 is 0 Å². The number of hydrogen-bond acceptors (Lipinski definition) is 4. The van der Waals surface area contributed by atoms with Crippen LogP contribution in [0.2, 0.25) is 0 Å². The van der Waals surface area contributed by atoms with E-state index in [0.717, 1.165) is 12.1 Å². The van der Waals surface area contributed by atoms with E-state index in [9.17, 15) is 18.3 Å². The average molecular weight is 389 g/mol. The zero-order valence-electron chi connectivity index (χ0n) is 15.7. The predicted octanol–water partition coefficient (Wildman–Crippen LogP) is 5.98. The minimum atomic E-state index is -4.46. The molecule has 2 heterocycles. The Morgan fingerprint density at radius 3 is 2.39 bits per heavy atom. The monoisotopic (exact) mass is 389 g/mol. The van der Waals surface area contributed by atoms with Crippen molar-refractivity contribution in [2.24, 2.45) is 0 Å². The first-order valence-electron chi connectivity index (χ1n) is 8.70. The minimum absolute atomic E-state index is 0.0996. The molecule has 0 saturated carbocycles. The number of alkyl halides is 3. The molecular formula is C21H18F3NO3. The maximum Gasteiger partial charge on any atom is 0.416 e. The molecule has 1 aliphatic heterocycles. The molecule has 1 aromatic heterocycles. The fourth-order valence-corrected chi connectivity index (χ4v) is 3.65. The first-order valence-corrected chi connectivity index (χ1v) is 8.70. The van der Waals surface area contributed by atoms with Crippen molar-refractivity contribution in [1.82, 2.24) is 4.98 Å². The Kier molecular flexibility index (Phi) is 3.79. The minimum Gasteiger partial charge on any atom is -0.507 e. The van der Waals surface area contributed by atoms with E-state index in [-0.39, 0.29) is 5.75 Å². The van der Waals surface area contributed by atoms with E-state index in [1.807, 2.05) is 0 Å². The molecule has 146 valence electrons. The topological polar surface area (TPSA) is 55.5 Å². The van der Waals surface area contributed by atoms with Gasteiger partial charge >= 0.3 is 6.18 Å². The second-order valence-corrected chi connectivity index (χ2v) is 7.39. The molecule has 0 aliphatic carbocycles. The smallest absolute Gasteiger partial charge is 0.416 e. The first kappa shape index (κ1) is 18.4. The molecule has 3 aromatic rings. The molecule has 4 rings (SSSR count). The lowest BCUT2D eigenvalue weighted by molar-refractivity contribution is -0.137. The highest BCUT2D eigenvalue weighted by molar-refractivity contribution is 5.85. The molecule has 0 amide bonds. The van der Waals surface area contributed by atoms with Crippen molar-refractivity contribution in [1.29, 1.82) is 0 Å². The third kappa shape index (κ3) is 2.82. The molecule has 1 aliphatic rings. The molecule has 0 fully saturated rings. The van der Waals surface area contributed by atoms with Crippen LogP contribution in [-0.2, 0) is 11.8 Å². The number of aryl methyl sites for hydroxylation is 2. The Balaban J connectivity index is 1.93. The van der Waals surface area contributed by atoms with Crippen molar-refractivity contribution in [2.45, 2.75) is 39.5 Å². The molecule has 0 radical (unpaired) electrons. The zero-order chi connectivity index (χ0) is 20.4. The van der Waals surface area contributed by atoms with E-state index < -0.39 is 17.3 Å². The summed E-state index contributed by atoms with van der Waals surface area (Å²) in [6.45, 7) is 6.91. The number of fused-ring (bicyclic) bond motifs is 3. The SMILES string of the molecule is Cc1nc(C)c(-c2cc(O)c3c(c2)OC(C)(C)c2cc(C(F)(F)F)ccc2-3)o1. The standard InChI is InChI=1S/C21H18F3NO3/c1-10-19(27-11(2)25-10)12-7-16(26)18-14-6-5-13(21(22,23)24)9-15(14)20(3,4)28-17(18)8-12/h5-9,26H,1-4H3. The number of oxazole rings is 1. The summed E-state index contributed by atoms with van der Waals surface area (Å²) in [5.74, 6) is 1.28. The molecule has 0 bridgehead atoms. The van der Waals surface area contributed by atoms with Gasteiger partial charge in [-0.2, -0.15) is 13.2 Å². The average Bonchev–Trinajstić information content (AvgIpc) is 2.91. The first-order chi connectivity index (χ1) is 13.0. The summed E-state index contributed by atoms with van der Waals surface area (Å²) in [6, 6.07) is 6.70. The van der Waals surface area contributed by atoms with Gasteiger partial charge in [-0.15, -0.1) is 0 Å². The summed E-state index contributed by atoms with van der Waals surface area (Å²) < 4.78 is 51.1. The number of phenolic OH excluding ortho intramolecular Hbond substituents is 1. The van der Waals surface area contributed by atoms with Gasteiger partial charge in [-0.3, -0.25) is 0 Å². The van der Waals surface area contributed by atoms with Gasteiger partial charge in [0.05, 0.1) is 16.8 Å². The normalized spacial score (nSPS) is 15.0. The number of aromatic hydroxyl groups is 1. The van der Waals surface area contributed by atoms with Crippen LogP contribution >= 0.6 is 0 Å². The number of nitrogens with zero attached hydrogens (tertiary/aromatic N) is 1. The summed E-state index contributed by atoms with van der Waals surface area (Å²) in [7, 11) is 0. The van der Waals surface area contributed by atoms with Crippen LogP contribution in [0.4, 0.5) is 13.2 Å². The van der Waals surface area contributed by atoms with E-state index in [2.05, 4.69) is 4.98 Å². The van der Waals surface area contributed by atoms with Crippen LogP contribution in [0.3, 0.4) is 0 Å². The maximum atomic E-state index is 13.2. The van der Waals surface area contributed by atoms with Gasteiger partial charge in [-0.1, -0.05) is 6.07 Å². The number of benzene rings is 2. The van der Waals surface area contributed by atoms with Crippen molar-refractivity contribution in [2.75, 3.05) is 0 Å². The van der Waals surface area contributed by atoms with Crippen LogP contribution in [0.25, 0.3) is 22.5 Å². The van der Waals surface area contributed by atoms with Gasteiger partial charge in [0.25, 0.3) is 0 Å². The Labute approximate surface area is 159 Å². The summed E-state index contributed by atoms with van der Waals surface area (Å²) in [5.41, 5.74) is 0.720. The van der Waals surface area contributed by atoms with Crippen molar-refractivity contribution in [3.63, 3.8) is 0 Å². The van der Waals surface area contributed by atoms with Crippen molar-refractivity contribution >= 4 is 0 Å². The largest absolute Gasteiger partial charge is 0.507 e. The lowest BCUT2D eigenvalue weighted by Crippen LogP contribution is -2.30. The second-order valence-electron chi connectivity index (χ2n) is 7.39. The van der Waals surface area contributed by atoms with Crippen molar-refractivity contribution in [3.05, 3.63) is 53.0 Å². The van der Waals surface area contributed by atoms with E-state index in [0.29, 0.717) is 45.3 Å². The summed E-state index contributed by atoms with van der Waals surface area (Å²) in [6.07, 6.45) is -4.46. The molecule has 2 aromatic carbocycles. The highest BCUT2D eigenvalue weighted by Gasteiger charge is 2.38. The fraction of sp³-hybridized carbons (Fsp3) is 0.286. The molecule has 0 atom stereocenters. The van der Waals surface area contributed by atoms with E-state index in [1.54, 1.807) is 33.8 Å². The van der Waals surface area contributed by atoms with Gasteiger partial charge in [0.2, 0.25) is 0 Å². The zero-order valence-corrected chi connectivity index (χ0v) is 15.7. The lowest BCUT2D eigenvalue weighted by Gasteiger charge is -2.35. The van der Waals surface area contributed by atoms with Crippen molar-refractivity contribution < 1.29 is 27.4 Å². The summed E-state index contributed by atoms with van der Waals surface area (Å²) in [4.78, 5) is 4.23. The molecular weight excluding hydrogens is 371 g/mol. The number of halogens is 3. The van der Waals surface area contributed by atoms with Gasteiger partial charge < -0.3 is 14.3 Å². The van der Waals surface area contributed by atoms with Gasteiger partial charge in [0.15, 0.2) is 11.7 Å². The Bertz CT molecular complexity index is 1100. The van der Waals surface area contributed by atoms with E-state index in [4.69, 9.17) is 9.15 Å². The number of aromatic nitrogens is 1. The molecule has 0 unspecified atom stereocenters. The Morgan fingerprint density at radius 1 is 1.07 bits per heavy atom. The number of hydrogen-bond donors (Lipinski definition) is 1. The second kappa shape index (κ2) is 5.77. The Hall–Kier alpha value is -2.96. The van der Waals surface area contributed by atoms with Gasteiger partial charge in [0.1, 0.15) is 17.1 Å². The highest BCUT2D eigenvalue weighted by Crippen LogP contribution is 2.51. The molecule has 4 nitrogen and oxygen atoms in total. The van der Waals surface area contributed by atoms with Crippen LogP contribution in [0.15, 0.2) is 34.7 Å². The van der Waals surface area contributed by atoms with Crippen LogP contribution < -0.4 is 4.74 Å². The van der Waals surface area contributed by atoms with Crippen LogP contribution in [0.5, 0.6) is 11.5 Å². The summed E-state index contributed by atoms with van der Waals surface area (Å²) in [5, 5.41) is 10.7. The van der Waals surface area contributed by atoms with Gasteiger partial charge in [0, 0.05) is 18.1 Å². The summed E-state index contributed by atoms with van der Waals surface area (Å²) >= 11 is 0. The third-order valence-corrected chi connectivity index (χ3v) is 4.88. The van der Waals surface area contributed by atoms with Gasteiger partial charge in [-0.05, 0) is 50.6 Å². The van der Waals surface area contributed by atoms with E-state index in [1.165, 1.54) is 12.1 Å². The maximum absolute atomic E-state index is 13.2. The number of rotatable bonds is 1. The highest BCUT2D eigenvalue weighted by atomic mass is 19.4. The van der Waals surface area contributed by atoms with Crippen LogP contribution in [0.1, 0.15) is 36.6 Å². The Morgan fingerprint density at radius 2 is 1.79 bits per heavy atom. The molecule has 7 heteroatoms. The molecule has 0 spiro atoms. The number of phenols is 1. The quantitative estimate of drug-likeness (QED) is 0.556. The molecule has 28 heavy (non-hydrogen) atoms. The predicted molar refractivity (Wildman–Crippen MR) is 97.2 cm³/mol. The molecule has 0 saturated heterocycles. The molecule has 1 N–H and O–H groups in total. The van der Waals surface area contributed by atoms with Crippen LogP contribution in [-0.4, -0.2) is 10.1 Å². The van der Waals surface area contributed by atoms with Gasteiger partial charge in [-0.25, -0.2) is 4.98 Å². The fourth-order valence-electron chi connectivity index (χ4n) is 3.65. The van der Waals surface area contributed by atoms with Crippen molar-refractivity contribution in [3.8, 4) is 33.9 Å². The third-order valence-electron chi connectivity index (χ3n) is 4.88. The lowest BCUT2D eigenvalue weighted by atomic mass is 9.84.